The van der Waals surface area contributed by atoms with Crippen LogP contribution in [-0.2, 0) is 11.2 Å². The van der Waals surface area contributed by atoms with E-state index in [1.807, 2.05) is 30.3 Å². The van der Waals surface area contributed by atoms with Gasteiger partial charge in [0.25, 0.3) is 5.91 Å². The Morgan fingerprint density at radius 3 is 2.60 bits per heavy atom. The van der Waals surface area contributed by atoms with Crippen LogP contribution in [-0.4, -0.2) is 47.6 Å². The smallest absolute Gasteiger partial charge is 0.305 e. The number of pyridine rings is 1. The molecule has 1 amide bonds. The van der Waals surface area contributed by atoms with Crippen molar-refractivity contribution in [3.8, 4) is 11.5 Å². The van der Waals surface area contributed by atoms with Crippen molar-refractivity contribution in [2.75, 3.05) is 20.8 Å². The molecule has 0 spiro atoms. The van der Waals surface area contributed by atoms with E-state index < -0.39 is 12.0 Å². The third-order valence-electron chi connectivity index (χ3n) is 5.49. The Bertz CT molecular complexity index is 1120. The lowest BCUT2D eigenvalue weighted by atomic mass is 9.89. The van der Waals surface area contributed by atoms with Crippen LogP contribution in [0, 0.1) is 0 Å². The Labute approximate surface area is 173 Å². The van der Waals surface area contributed by atoms with Gasteiger partial charge in [-0.3, -0.25) is 14.6 Å². The van der Waals surface area contributed by atoms with Crippen molar-refractivity contribution in [3.05, 3.63) is 65.4 Å². The zero-order valence-corrected chi connectivity index (χ0v) is 16.8. The van der Waals surface area contributed by atoms with Crippen LogP contribution in [0.25, 0.3) is 10.9 Å². The summed E-state index contributed by atoms with van der Waals surface area (Å²) in [4.78, 5) is 31.2. The average molecular weight is 406 g/mol. The second-order valence-corrected chi connectivity index (χ2v) is 7.15. The van der Waals surface area contributed by atoms with Crippen LogP contribution < -0.4 is 9.47 Å². The topological polar surface area (TPSA) is 89.0 Å². The van der Waals surface area contributed by atoms with Gasteiger partial charge in [0.1, 0.15) is 0 Å². The molecule has 3 aromatic rings. The Morgan fingerprint density at radius 2 is 1.87 bits per heavy atom. The van der Waals surface area contributed by atoms with Gasteiger partial charge in [-0.05, 0) is 41.8 Å². The highest BCUT2D eigenvalue weighted by atomic mass is 16.5. The van der Waals surface area contributed by atoms with Crippen LogP contribution in [0.5, 0.6) is 11.5 Å². The summed E-state index contributed by atoms with van der Waals surface area (Å²) in [6.07, 6.45) is 2.04. The number of para-hydroxylation sites is 1. The molecule has 1 aromatic heterocycles. The number of rotatable bonds is 5. The number of amides is 1. The van der Waals surface area contributed by atoms with Crippen LogP contribution in [0.3, 0.4) is 0 Å². The van der Waals surface area contributed by atoms with E-state index in [4.69, 9.17) is 9.47 Å². The van der Waals surface area contributed by atoms with E-state index in [1.165, 1.54) is 7.11 Å². The predicted molar refractivity (Wildman–Crippen MR) is 111 cm³/mol. The molecular weight excluding hydrogens is 384 g/mol. The van der Waals surface area contributed by atoms with Crippen molar-refractivity contribution in [1.82, 2.24) is 9.88 Å². The van der Waals surface area contributed by atoms with Gasteiger partial charge in [-0.1, -0.05) is 18.2 Å². The third kappa shape index (κ3) is 3.43. The fourth-order valence-electron chi connectivity index (χ4n) is 4.09. The van der Waals surface area contributed by atoms with Crippen LogP contribution >= 0.6 is 0 Å². The second kappa shape index (κ2) is 8.02. The first-order valence-electron chi connectivity index (χ1n) is 9.64. The van der Waals surface area contributed by atoms with Gasteiger partial charge < -0.3 is 19.5 Å². The maximum absolute atomic E-state index is 13.5. The van der Waals surface area contributed by atoms with Gasteiger partial charge in [-0.15, -0.1) is 0 Å². The highest BCUT2D eigenvalue weighted by Gasteiger charge is 2.34. The quantitative estimate of drug-likeness (QED) is 0.698. The zero-order valence-electron chi connectivity index (χ0n) is 16.8. The standard InChI is InChI=1S/C23H22N2O5/c1-29-19-11-15-8-10-25(18(13-21(26)27)17(15)12-20(19)30-2)23(28)16-7-3-5-14-6-4-9-24-22(14)16/h3-7,9,11-12,18H,8,10,13H2,1-2H3,(H,26,27). The van der Waals surface area contributed by atoms with Crippen molar-refractivity contribution >= 4 is 22.8 Å². The molecule has 1 aliphatic rings. The number of methoxy groups -OCH3 is 2. The molecule has 30 heavy (non-hydrogen) atoms. The number of carbonyl (C=O) groups excluding carboxylic acids is 1. The molecule has 0 saturated heterocycles. The van der Waals surface area contributed by atoms with Crippen molar-refractivity contribution in [3.63, 3.8) is 0 Å². The predicted octanol–water partition coefficient (Wildman–Crippen LogP) is 3.47. The summed E-state index contributed by atoms with van der Waals surface area (Å²) in [7, 11) is 3.09. The normalized spacial score (nSPS) is 15.5. The highest BCUT2D eigenvalue weighted by Crippen LogP contribution is 2.40. The van der Waals surface area contributed by atoms with E-state index in [-0.39, 0.29) is 12.3 Å². The monoisotopic (exact) mass is 406 g/mol. The van der Waals surface area contributed by atoms with Gasteiger partial charge in [0.2, 0.25) is 0 Å². The fourth-order valence-corrected chi connectivity index (χ4v) is 4.09. The van der Waals surface area contributed by atoms with E-state index in [1.54, 1.807) is 30.3 Å². The van der Waals surface area contributed by atoms with Gasteiger partial charge in [0.05, 0.1) is 37.8 Å². The molecule has 0 bridgehead atoms. The maximum atomic E-state index is 13.5. The Kier molecular flexibility index (Phi) is 5.27. The van der Waals surface area contributed by atoms with Gasteiger partial charge in [-0.2, -0.15) is 0 Å². The lowest BCUT2D eigenvalue weighted by molar-refractivity contribution is -0.138. The summed E-state index contributed by atoms with van der Waals surface area (Å²) in [5.41, 5.74) is 2.80. The molecule has 0 saturated carbocycles. The van der Waals surface area contributed by atoms with Gasteiger partial charge in [0, 0.05) is 18.1 Å². The highest BCUT2D eigenvalue weighted by molar-refractivity contribution is 6.05. The van der Waals surface area contributed by atoms with Gasteiger partial charge in [0.15, 0.2) is 11.5 Å². The molecule has 0 radical (unpaired) electrons. The molecule has 0 aliphatic carbocycles. The van der Waals surface area contributed by atoms with E-state index in [0.717, 1.165) is 16.5 Å². The molecule has 1 aliphatic heterocycles. The molecule has 1 N–H and O–H groups in total. The lowest BCUT2D eigenvalue weighted by Gasteiger charge is -2.37. The molecule has 1 atom stereocenters. The van der Waals surface area contributed by atoms with Crippen LogP contribution in [0.2, 0.25) is 0 Å². The van der Waals surface area contributed by atoms with Crippen LogP contribution in [0.15, 0.2) is 48.7 Å². The summed E-state index contributed by atoms with van der Waals surface area (Å²) in [5.74, 6) is -0.112. The largest absolute Gasteiger partial charge is 0.493 e. The minimum Gasteiger partial charge on any atom is -0.493 e. The Hall–Kier alpha value is -3.61. The Morgan fingerprint density at radius 1 is 1.13 bits per heavy atom. The van der Waals surface area contributed by atoms with Crippen molar-refractivity contribution in [2.24, 2.45) is 0 Å². The van der Waals surface area contributed by atoms with Gasteiger partial charge in [-0.25, -0.2) is 0 Å². The summed E-state index contributed by atoms with van der Waals surface area (Å²) >= 11 is 0. The number of hydrogen-bond acceptors (Lipinski definition) is 5. The number of benzene rings is 2. The minimum absolute atomic E-state index is 0.202. The van der Waals surface area contributed by atoms with E-state index in [9.17, 15) is 14.7 Å². The second-order valence-electron chi connectivity index (χ2n) is 7.15. The summed E-state index contributed by atoms with van der Waals surface area (Å²) in [5, 5.41) is 10.4. The van der Waals surface area contributed by atoms with Crippen molar-refractivity contribution in [2.45, 2.75) is 18.9 Å². The van der Waals surface area contributed by atoms with Crippen LogP contribution in [0.1, 0.15) is 33.9 Å². The number of hydrogen-bond donors (Lipinski definition) is 1. The zero-order chi connectivity index (χ0) is 21.3. The average Bonchev–Trinajstić information content (AvgIpc) is 2.77. The Balaban J connectivity index is 1.80. The lowest BCUT2D eigenvalue weighted by Crippen LogP contribution is -2.41. The summed E-state index contributed by atoms with van der Waals surface area (Å²) in [6, 6.07) is 12.2. The first-order valence-corrected chi connectivity index (χ1v) is 9.64. The first-order chi connectivity index (χ1) is 14.5. The fraction of sp³-hybridized carbons (Fsp3) is 0.261. The molecule has 7 heteroatoms. The van der Waals surface area contributed by atoms with Crippen LogP contribution in [0.4, 0.5) is 0 Å². The van der Waals surface area contributed by atoms with E-state index in [0.29, 0.717) is 35.5 Å². The van der Waals surface area contributed by atoms with E-state index >= 15 is 0 Å². The molecular formula is C23H22N2O5. The molecule has 154 valence electrons. The molecule has 1 unspecified atom stereocenters. The van der Waals surface area contributed by atoms with Gasteiger partial charge >= 0.3 is 5.97 Å². The molecule has 4 rings (SSSR count). The number of aromatic nitrogens is 1. The minimum atomic E-state index is -0.975. The SMILES string of the molecule is COc1cc2c(cc1OC)C(CC(=O)O)N(C(=O)c1cccc3cccnc13)CC2. The molecule has 2 heterocycles. The first kappa shape index (κ1) is 19.7. The van der Waals surface area contributed by atoms with Crippen molar-refractivity contribution < 1.29 is 24.2 Å². The number of carbonyl (C=O) groups is 2. The number of carboxylic acids is 1. The third-order valence-corrected chi connectivity index (χ3v) is 5.49. The molecule has 2 aromatic carbocycles. The van der Waals surface area contributed by atoms with E-state index in [2.05, 4.69) is 4.98 Å². The molecule has 0 fully saturated rings. The number of nitrogens with zero attached hydrogens (tertiary/aromatic N) is 2. The number of fused-ring (bicyclic) bond motifs is 2. The molecule has 7 nitrogen and oxygen atoms in total. The summed E-state index contributed by atoms with van der Waals surface area (Å²) in [6.45, 7) is 0.405. The van der Waals surface area contributed by atoms with Crippen molar-refractivity contribution in [1.29, 1.82) is 0 Å². The number of ether oxygens (including phenoxy) is 2. The number of carboxylic acid groups (broad SMARTS) is 1. The number of aliphatic carboxylic acids is 1. The summed E-state index contributed by atoms with van der Waals surface area (Å²) < 4.78 is 10.8. The maximum Gasteiger partial charge on any atom is 0.305 e.